The van der Waals surface area contributed by atoms with Gasteiger partial charge < -0.3 is 15.4 Å². The molecule has 24 heavy (non-hydrogen) atoms. The van der Waals surface area contributed by atoms with Gasteiger partial charge in [-0.05, 0) is 12.5 Å². The molecule has 1 aliphatic heterocycles. The normalized spacial score (nSPS) is 14.4. The van der Waals surface area contributed by atoms with E-state index in [0.29, 0.717) is 24.6 Å². The van der Waals surface area contributed by atoms with Crippen molar-refractivity contribution in [2.24, 2.45) is 5.73 Å². The van der Waals surface area contributed by atoms with Crippen molar-refractivity contribution in [1.29, 1.82) is 0 Å². The van der Waals surface area contributed by atoms with Crippen LogP contribution in [0, 0.1) is 0 Å². The smallest absolute Gasteiger partial charge is 0.261 e. The second-order valence-electron chi connectivity index (χ2n) is 5.77. The maximum atomic E-state index is 13.0. The maximum absolute atomic E-state index is 13.0. The second-order valence-corrected chi connectivity index (χ2v) is 5.77. The van der Waals surface area contributed by atoms with Gasteiger partial charge in [0.25, 0.3) is 5.91 Å². The fourth-order valence-corrected chi connectivity index (χ4v) is 2.83. The molecule has 2 heterocycles. The molecule has 2 aromatic rings. The average Bonchev–Trinajstić information content (AvgIpc) is 3.03. The van der Waals surface area contributed by atoms with E-state index >= 15 is 0 Å². The second kappa shape index (κ2) is 6.74. The number of aryl methyl sites for hydroxylation is 1. The van der Waals surface area contributed by atoms with Crippen molar-refractivity contribution >= 4 is 11.8 Å². The molecule has 1 aliphatic rings. The highest BCUT2D eigenvalue weighted by molar-refractivity contribution is 5.98. The Kier molecular flexibility index (Phi) is 4.50. The number of aromatic nitrogens is 2. The highest BCUT2D eigenvalue weighted by Crippen LogP contribution is 2.27. The maximum Gasteiger partial charge on any atom is 0.261 e. The molecule has 0 spiro atoms. The van der Waals surface area contributed by atoms with Crippen molar-refractivity contribution in [1.82, 2.24) is 14.7 Å². The van der Waals surface area contributed by atoms with Gasteiger partial charge >= 0.3 is 0 Å². The van der Waals surface area contributed by atoms with E-state index in [9.17, 15) is 9.59 Å². The zero-order chi connectivity index (χ0) is 17.1. The summed E-state index contributed by atoms with van der Waals surface area (Å²) in [5.41, 5.74) is 6.64. The Hall–Kier alpha value is -2.83. The topological polar surface area (TPSA) is 90.5 Å². The third-order valence-electron chi connectivity index (χ3n) is 4.11. The van der Waals surface area contributed by atoms with Crippen LogP contribution in [0.15, 0.2) is 36.5 Å². The van der Waals surface area contributed by atoms with E-state index in [1.807, 2.05) is 37.3 Å². The van der Waals surface area contributed by atoms with Crippen molar-refractivity contribution in [3.8, 4) is 5.88 Å². The molecule has 1 aromatic carbocycles. The minimum atomic E-state index is -0.562. The van der Waals surface area contributed by atoms with E-state index in [1.54, 1.807) is 4.68 Å². The number of nitrogens with two attached hydrogens (primary N) is 1. The van der Waals surface area contributed by atoms with Gasteiger partial charge in [0.05, 0.1) is 18.8 Å². The average molecular weight is 328 g/mol. The molecule has 0 fully saturated rings. The summed E-state index contributed by atoms with van der Waals surface area (Å²) in [7, 11) is 0. The minimum Gasteiger partial charge on any atom is -0.477 e. The zero-order valence-corrected chi connectivity index (χ0v) is 13.5. The molecule has 126 valence electrons. The lowest BCUT2D eigenvalue weighted by molar-refractivity contribution is -0.119. The van der Waals surface area contributed by atoms with E-state index < -0.39 is 5.91 Å². The van der Waals surface area contributed by atoms with Gasteiger partial charge in [-0.3, -0.25) is 9.59 Å². The van der Waals surface area contributed by atoms with Crippen molar-refractivity contribution in [3.63, 3.8) is 0 Å². The number of rotatable bonds is 5. The molecule has 7 heteroatoms. The molecule has 3 rings (SSSR count). The molecule has 0 bridgehead atoms. The van der Waals surface area contributed by atoms with Crippen LogP contribution in [-0.4, -0.2) is 39.6 Å². The zero-order valence-electron chi connectivity index (χ0n) is 13.5. The molecule has 2 N–H and O–H groups in total. The summed E-state index contributed by atoms with van der Waals surface area (Å²) in [6, 6.07) is 9.21. The van der Waals surface area contributed by atoms with E-state index in [0.717, 1.165) is 12.0 Å². The van der Waals surface area contributed by atoms with Crippen LogP contribution in [0.4, 0.5) is 0 Å². The first kappa shape index (κ1) is 16.0. The number of carbonyl (C=O) groups is 2. The number of carbonyl (C=O) groups excluding carboxylic acids is 2. The van der Waals surface area contributed by atoms with Crippen molar-refractivity contribution in [3.05, 3.63) is 47.7 Å². The SMILES string of the molecule is C[C@H](c1ccccc1)N(CC(N)=O)C(=O)c1cnn2c1OCCC2. The standard InChI is InChI=1S/C17H20N4O3/c1-12(13-6-3-2-4-7-13)20(11-15(18)22)16(23)14-10-19-21-8-5-9-24-17(14)21/h2-4,6-7,10,12H,5,8-9,11H2,1H3,(H2,18,22)/t12-/m1/s1. The molecule has 0 saturated heterocycles. The quantitative estimate of drug-likeness (QED) is 0.897. The van der Waals surface area contributed by atoms with Gasteiger partial charge in [-0.1, -0.05) is 30.3 Å². The molecule has 0 radical (unpaired) electrons. The molecule has 1 aromatic heterocycles. The Bertz CT molecular complexity index is 742. The predicted molar refractivity (Wildman–Crippen MR) is 87.4 cm³/mol. The number of ether oxygens (including phenoxy) is 1. The Morgan fingerprint density at radius 3 is 2.83 bits per heavy atom. The first-order chi connectivity index (χ1) is 11.6. The monoisotopic (exact) mass is 328 g/mol. The fraction of sp³-hybridized carbons (Fsp3) is 0.353. The number of primary amides is 1. The number of hydrogen-bond donors (Lipinski definition) is 1. The summed E-state index contributed by atoms with van der Waals surface area (Å²) >= 11 is 0. The van der Waals surface area contributed by atoms with E-state index in [4.69, 9.17) is 10.5 Å². The van der Waals surface area contributed by atoms with E-state index in [2.05, 4.69) is 5.10 Å². The van der Waals surface area contributed by atoms with Crippen LogP contribution < -0.4 is 10.5 Å². The first-order valence-corrected chi connectivity index (χ1v) is 7.90. The molecule has 2 amide bonds. The predicted octanol–water partition coefficient (Wildman–Crippen LogP) is 1.35. The lowest BCUT2D eigenvalue weighted by Crippen LogP contribution is -2.40. The number of nitrogens with zero attached hydrogens (tertiary/aromatic N) is 3. The largest absolute Gasteiger partial charge is 0.477 e. The molecule has 0 saturated carbocycles. The number of amides is 2. The molecular weight excluding hydrogens is 308 g/mol. The first-order valence-electron chi connectivity index (χ1n) is 7.90. The van der Waals surface area contributed by atoms with Gasteiger partial charge in [-0.25, -0.2) is 4.68 Å². The van der Waals surface area contributed by atoms with Gasteiger partial charge in [-0.15, -0.1) is 0 Å². The van der Waals surface area contributed by atoms with Crippen molar-refractivity contribution < 1.29 is 14.3 Å². The van der Waals surface area contributed by atoms with Crippen LogP contribution in [-0.2, 0) is 11.3 Å². The van der Waals surface area contributed by atoms with Gasteiger partial charge in [-0.2, -0.15) is 5.10 Å². The number of benzene rings is 1. The summed E-state index contributed by atoms with van der Waals surface area (Å²) in [4.78, 5) is 25.9. The Morgan fingerprint density at radius 1 is 1.38 bits per heavy atom. The summed E-state index contributed by atoms with van der Waals surface area (Å²) < 4.78 is 7.27. The van der Waals surface area contributed by atoms with E-state index in [1.165, 1.54) is 11.1 Å². The third kappa shape index (κ3) is 3.10. The van der Waals surface area contributed by atoms with Crippen LogP contribution in [0.3, 0.4) is 0 Å². The van der Waals surface area contributed by atoms with Crippen molar-refractivity contribution in [2.45, 2.75) is 25.9 Å². The fourth-order valence-electron chi connectivity index (χ4n) is 2.83. The highest BCUT2D eigenvalue weighted by Gasteiger charge is 2.29. The molecule has 1 atom stereocenters. The highest BCUT2D eigenvalue weighted by atomic mass is 16.5. The van der Waals surface area contributed by atoms with Crippen LogP contribution >= 0.6 is 0 Å². The minimum absolute atomic E-state index is 0.167. The summed E-state index contributed by atoms with van der Waals surface area (Å²) in [6.45, 7) is 2.97. The third-order valence-corrected chi connectivity index (χ3v) is 4.11. The summed E-state index contributed by atoms with van der Waals surface area (Å²) in [6.07, 6.45) is 2.35. The van der Waals surface area contributed by atoms with Gasteiger partial charge in [0.15, 0.2) is 0 Å². The molecular formula is C17H20N4O3. The molecule has 0 unspecified atom stereocenters. The van der Waals surface area contributed by atoms with Gasteiger partial charge in [0.2, 0.25) is 11.8 Å². The Labute approximate surface area is 140 Å². The molecule has 7 nitrogen and oxygen atoms in total. The number of fused-ring (bicyclic) bond motifs is 1. The lowest BCUT2D eigenvalue weighted by atomic mass is 10.1. The van der Waals surface area contributed by atoms with Gasteiger partial charge in [0.1, 0.15) is 12.1 Å². The van der Waals surface area contributed by atoms with Crippen LogP contribution in [0.5, 0.6) is 5.88 Å². The van der Waals surface area contributed by atoms with Crippen molar-refractivity contribution in [2.75, 3.05) is 13.2 Å². The Balaban J connectivity index is 1.92. The van der Waals surface area contributed by atoms with Crippen LogP contribution in [0.2, 0.25) is 0 Å². The summed E-state index contributed by atoms with van der Waals surface area (Å²) in [5, 5.41) is 4.20. The number of hydrogen-bond acceptors (Lipinski definition) is 4. The lowest BCUT2D eigenvalue weighted by Gasteiger charge is -2.28. The Morgan fingerprint density at radius 2 is 2.12 bits per heavy atom. The van der Waals surface area contributed by atoms with Gasteiger partial charge in [0, 0.05) is 13.0 Å². The summed E-state index contributed by atoms with van der Waals surface area (Å²) in [5.74, 6) is -0.414. The van der Waals surface area contributed by atoms with E-state index in [-0.39, 0.29) is 18.5 Å². The van der Waals surface area contributed by atoms with Crippen LogP contribution in [0.1, 0.15) is 35.3 Å². The molecule has 0 aliphatic carbocycles. The van der Waals surface area contributed by atoms with Crippen LogP contribution in [0.25, 0.3) is 0 Å².